The summed E-state index contributed by atoms with van der Waals surface area (Å²) in [6.45, 7) is 0. The summed E-state index contributed by atoms with van der Waals surface area (Å²) in [7, 11) is 1.67. The molecule has 0 fully saturated rings. The minimum absolute atomic E-state index is 0.305. The molecule has 0 amide bonds. The molecule has 0 saturated heterocycles. The second kappa shape index (κ2) is 3.18. The van der Waals surface area contributed by atoms with Gasteiger partial charge in [-0.15, -0.1) is 0 Å². The summed E-state index contributed by atoms with van der Waals surface area (Å²) >= 11 is 1.48. The van der Waals surface area contributed by atoms with Gasteiger partial charge in [-0.1, -0.05) is 0 Å². The first kappa shape index (κ1) is 7.13. The van der Waals surface area contributed by atoms with Crippen molar-refractivity contribution < 1.29 is 9.59 Å². The van der Waals surface area contributed by atoms with Gasteiger partial charge in [0.05, 0.1) is 0 Å². The van der Waals surface area contributed by atoms with Crippen LogP contribution < -0.4 is 0 Å². The number of rotatable bonds is 2. The molecule has 0 heterocycles. The smallest absolute Gasteiger partial charge is 0.256 e. The Morgan fingerprint density at radius 3 is 2.00 bits per heavy atom. The van der Waals surface area contributed by atoms with E-state index in [1.54, 1.807) is 7.85 Å². The predicted molar refractivity (Wildman–Crippen MR) is 37.4 cm³/mol. The Morgan fingerprint density at radius 2 is 2.00 bits per heavy atom. The van der Waals surface area contributed by atoms with Crippen LogP contribution in [0.5, 0.6) is 0 Å². The summed E-state index contributed by atoms with van der Waals surface area (Å²) in [4.78, 5) is 20.2. The summed E-state index contributed by atoms with van der Waals surface area (Å²) in [6.07, 6.45) is 0.321. The number of carbonyl (C=O) groups excluding carboxylic acids is 2. The van der Waals surface area contributed by atoms with E-state index in [0.29, 0.717) is 6.32 Å². The number of hydrogen-bond donors (Lipinski definition) is 0. The zero-order valence-electron chi connectivity index (χ0n) is 3.90. The highest BCUT2D eigenvalue weighted by Crippen LogP contribution is 1.88. The minimum atomic E-state index is -0.375. The van der Waals surface area contributed by atoms with Crippen LogP contribution in [0.25, 0.3) is 0 Å². The van der Waals surface area contributed by atoms with Crippen LogP contribution >= 0.6 is 22.6 Å². The maximum absolute atomic E-state index is 10.2. The van der Waals surface area contributed by atoms with Gasteiger partial charge in [-0.05, 0) is 6.32 Å². The first-order valence-electron chi connectivity index (χ1n) is 1.91. The lowest BCUT2D eigenvalue weighted by Gasteiger charge is -1.79. The van der Waals surface area contributed by atoms with Gasteiger partial charge in [-0.2, -0.15) is 0 Å². The standard InChI is InChI=1S/C3H4BIO2/c4-1-2(6)3(5)7/h1,4H2. The molecule has 0 radical (unpaired) electrons. The van der Waals surface area contributed by atoms with Gasteiger partial charge >= 0.3 is 0 Å². The van der Waals surface area contributed by atoms with E-state index in [9.17, 15) is 9.59 Å². The lowest BCUT2D eigenvalue weighted by molar-refractivity contribution is -0.129. The molecule has 2 nitrogen and oxygen atoms in total. The third-order valence-electron chi connectivity index (χ3n) is 0.540. The van der Waals surface area contributed by atoms with Gasteiger partial charge in [0.2, 0.25) is 5.78 Å². The van der Waals surface area contributed by atoms with Gasteiger partial charge in [-0.3, -0.25) is 9.59 Å². The topological polar surface area (TPSA) is 34.1 Å². The Hall–Kier alpha value is 0.135. The van der Waals surface area contributed by atoms with Crippen molar-refractivity contribution in [3.05, 3.63) is 0 Å². The van der Waals surface area contributed by atoms with E-state index in [1.807, 2.05) is 0 Å². The Labute approximate surface area is 56.2 Å². The predicted octanol–water partition coefficient (Wildman–Crippen LogP) is -0.431. The molecule has 0 aromatic carbocycles. The van der Waals surface area contributed by atoms with Crippen molar-refractivity contribution in [3.63, 3.8) is 0 Å². The molecule has 4 heteroatoms. The monoisotopic (exact) mass is 210 g/mol. The van der Waals surface area contributed by atoms with E-state index in [2.05, 4.69) is 0 Å². The van der Waals surface area contributed by atoms with E-state index in [1.165, 1.54) is 22.6 Å². The van der Waals surface area contributed by atoms with Gasteiger partial charge in [0.1, 0.15) is 7.85 Å². The van der Waals surface area contributed by atoms with Crippen LogP contribution in [0.2, 0.25) is 6.32 Å². The summed E-state index contributed by atoms with van der Waals surface area (Å²) in [6, 6.07) is 0. The van der Waals surface area contributed by atoms with Crippen molar-refractivity contribution in [1.29, 1.82) is 0 Å². The first-order valence-corrected chi connectivity index (χ1v) is 2.99. The second-order valence-corrected chi connectivity index (χ2v) is 2.03. The van der Waals surface area contributed by atoms with Crippen molar-refractivity contribution in [2.45, 2.75) is 6.32 Å². The van der Waals surface area contributed by atoms with Crippen molar-refractivity contribution in [3.8, 4) is 0 Å². The van der Waals surface area contributed by atoms with E-state index >= 15 is 0 Å². The van der Waals surface area contributed by atoms with E-state index in [-0.39, 0.29) is 9.57 Å². The quantitative estimate of drug-likeness (QED) is 0.268. The van der Waals surface area contributed by atoms with Gasteiger partial charge < -0.3 is 0 Å². The second-order valence-electron chi connectivity index (χ2n) is 1.05. The van der Waals surface area contributed by atoms with E-state index in [4.69, 9.17) is 0 Å². The maximum atomic E-state index is 10.2. The molecule has 0 atom stereocenters. The lowest BCUT2D eigenvalue weighted by Crippen LogP contribution is -2.03. The van der Waals surface area contributed by atoms with E-state index in [0.717, 1.165) is 0 Å². The van der Waals surface area contributed by atoms with Crippen LogP contribution in [0.1, 0.15) is 0 Å². The van der Waals surface area contributed by atoms with Crippen molar-refractivity contribution in [1.82, 2.24) is 0 Å². The number of halogens is 1. The molecule has 0 aliphatic heterocycles. The molecule has 0 aliphatic rings. The van der Waals surface area contributed by atoms with Gasteiger partial charge in [0.15, 0.2) is 0 Å². The normalized spacial score (nSPS) is 8.14. The fourth-order valence-electron chi connectivity index (χ4n) is 0.139. The molecule has 7 heavy (non-hydrogen) atoms. The molecular weight excluding hydrogens is 206 g/mol. The SMILES string of the molecule is BCC(=O)C(=O)I. The molecule has 0 saturated carbocycles. The largest absolute Gasteiger partial charge is 0.291 e. The molecule has 0 spiro atoms. The highest BCUT2D eigenvalue weighted by atomic mass is 127. The molecular formula is C3H4BIO2. The maximum Gasteiger partial charge on any atom is 0.256 e. The van der Waals surface area contributed by atoms with Crippen LogP contribution in [0.3, 0.4) is 0 Å². The summed E-state index contributed by atoms with van der Waals surface area (Å²) in [5.41, 5.74) is 0. The van der Waals surface area contributed by atoms with E-state index < -0.39 is 0 Å². The average Bonchev–Trinajstić information content (AvgIpc) is 1.65. The Balaban J connectivity index is 3.58. The van der Waals surface area contributed by atoms with Crippen LogP contribution in [-0.4, -0.2) is 17.4 Å². The Morgan fingerprint density at radius 1 is 1.57 bits per heavy atom. The molecule has 0 aromatic heterocycles. The van der Waals surface area contributed by atoms with Gasteiger partial charge in [-0.25, -0.2) is 0 Å². The Kier molecular flexibility index (Phi) is 3.24. The average molecular weight is 210 g/mol. The minimum Gasteiger partial charge on any atom is -0.291 e. The molecule has 0 N–H and O–H groups in total. The van der Waals surface area contributed by atoms with Crippen molar-refractivity contribution in [2.75, 3.05) is 0 Å². The highest BCUT2D eigenvalue weighted by molar-refractivity contribution is 14.1. The Bertz CT molecular complexity index is 101. The summed E-state index contributed by atoms with van der Waals surface area (Å²) in [5, 5.41) is 0. The highest BCUT2D eigenvalue weighted by Gasteiger charge is 2.03. The van der Waals surface area contributed by atoms with Gasteiger partial charge in [0.25, 0.3) is 3.79 Å². The van der Waals surface area contributed by atoms with Crippen molar-refractivity contribution >= 4 is 40.0 Å². The first-order chi connectivity index (χ1) is 3.18. The lowest BCUT2D eigenvalue weighted by atomic mass is 10.0. The third kappa shape index (κ3) is 2.79. The van der Waals surface area contributed by atoms with Crippen LogP contribution in [0.4, 0.5) is 0 Å². The molecule has 0 rings (SSSR count). The number of hydrogen-bond acceptors (Lipinski definition) is 2. The number of ketones is 1. The van der Waals surface area contributed by atoms with Crippen LogP contribution in [0.15, 0.2) is 0 Å². The molecule has 0 aliphatic carbocycles. The van der Waals surface area contributed by atoms with Crippen molar-refractivity contribution in [2.24, 2.45) is 0 Å². The summed E-state index contributed by atoms with van der Waals surface area (Å²) < 4.78 is -0.375. The molecule has 0 unspecified atom stereocenters. The fourth-order valence-corrected chi connectivity index (χ4v) is 0.520. The zero-order chi connectivity index (χ0) is 5.86. The van der Waals surface area contributed by atoms with Crippen LogP contribution in [-0.2, 0) is 9.59 Å². The molecule has 38 valence electrons. The molecule has 0 bridgehead atoms. The summed E-state index contributed by atoms with van der Waals surface area (Å²) in [5.74, 6) is -0.305. The number of Topliss-reactive ketones (excluding diaryl/α,β-unsaturated/α-hetero) is 1. The van der Waals surface area contributed by atoms with Crippen LogP contribution in [0, 0.1) is 0 Å². The van der Waals surface area contributed by atoms with Gasteiger partial charge in [0, 0.05) is 22.6 Å². The third-order valence-corrected chi connectivity index (χ3v) is 1.14. The zero-order valence-corrected chi connectivity index (χ0v) is 6.06. The molecule has 0 aromatic rings. The fraction of sp³-hybridized carbons (Fsp3) is 0.333. The number of carbonyl (C=O) groups is 2.